The summed E-state index contributed by atoms with van der Waals surface area (Å²) in [6, 6.07) is 1.79. The lowest BCUT2D eigenvalue weighted by atomic mass is 10.1. The first-order chi connectivity index (χ1) is 8.81. The molecule has 1 atom stereocenters. The zero-order chi connectivity index (χ0) is 12.4. The Morgan fingerprint density at radius 2 is 2.39 bits per heavy atom. The number of nitrogens with zero attached hydrogens (tertiary/aromatic N) is 4. The van der Waals surface area contributed by atoms with Gasteiger partial charge >= 0.3 is 0 Å². The molecule has 18 heavy (non-hydrogen) atoms. The normalized spacial score (nSPS) is 19.3. The Kier molecular flexibility index (Phi) is 3.02. The van der Waals surface area contributed by atoms with Crippen molar-refractivity contribution in [2.45, 2.75) is 19.8 Å². The minimum absolute atomic E-state index is 0.543. The van der Waals surface area contributed by atoms with Gasteiger partial charge in [0.25, 0.3) is 0 Å². The van der Waals surface area contributed by atoms with Gasteiger partial charge in [0.1, 0.15) is 11.5 Å². The fourth-order valence-corrected chi connectivity index (χ4v) is 2.16. The van der Waals surface area contributed by atoms with Crippen molar-refractivity contribution in [2.75, 3.05) is 13.1 Å². The summed E-state index contributed by atoms with van der Waals surface area (Å²) < 4.78 is 5.27. The van der Waals surface area contributed by atoms with E-state index in [1.165, 1.54) is 6.42 Å². The average molecular weight is 245 g/mol. The third-order valence-corrected chi connectivity index (χ3v) is 3.10. The Bertz CT molecular complexity index is 533. The molecule has 0 radical (unpaired) electrons. The van der Waals surface area contributed by atoms with E-state index >= 15 is 0 Å². The maximum absolute atomic E-state index is 5.27. The molecule has 0 saturated carbocycles. The van der Waals surface area contributed by atoms with Gasteiger partial charge in [0, 0.05) is 12.6 Å². The first-order valence-corrected chi connectivity index (χ1v) is 6.14. The summed E-state index contributed by atoms with van der Waals surface area (Å²) >= 11 is 0. The third-order valence-electron chi connectivity index (χ3n) is 3.10. The van der Waals surface area contributed by atoms with E-state index in [2.05, 4.69) is 25.4 Å². The van der Waals surface area contributed by atoms with E-state index in [9.17, 15) is 0 Å². The smallest absolute Gasteiger partial charge is 0.227 e. The van der Waals surface area contributed by atoms with Crippen molar-refractivity contribution >= 4 is 0 Å². The van der Waals surface area contributed by atoms with Crippen LogP contribution in [-0.2, 0) is 6.42 Å². The molecule has 0 aromatic carbocycles. The largest absolute Gasteiger partial charge is 0.339 e. The standard InChI is InChI=1S/C12H15N5O/c1-8-14-5-3-10(15-8)12-16-11(18-17-12)6-9-2-4-13-7-9/h3,5,9,13H,2,4,6-7H2,1H3. The van der Waals surface area contributed by atoms with Crippen LogP contribution in [0.4, 0.5) is 0 Å². The summed E-state index contributed by atoms with van der Waals surface area (Å²) in [6.07, 6.45) is 3.71. The molecule has 1 saturated heterocycles. The molecule has 94 valence electrons. The number of rotatable bonds is 3. The van der Waals surface area contributed by atoms with E-state index in [-0.39, 0.29) is 0 Å². The summed E-state index contributed by atoms with van der Waals surface area (Å²) in [5.74, 6) is 2.54. The molecule has 6 nitrogen and oxygen atoms in total. The van der Waals surface area contributed by atoms with Crippen LogP contribution < -0.4 is 5.32 Å². The van der Waals surface area contributed by atoms with Gasteiger partial charge in [0.2, 0.25) is 11.7 Å². The van der Waals surface area contributed by atoms with Crippen LogP contribution >= 0.6 is 0 Å². The highest BCUT2D eigenvalue weighted by molar-refractivity contribution is 5.46. The van der Waals surface area contributed by atoms with Gasteiger partial charge in [-0.1, -0.05) is 5.16 Å². The van der Waals surface area contributed by atoms with Gasteiger partial charge in [-0.2, -0.15) is 4.98 Å². The summed E-state index contributed by atoms with van der Waals surface area (Å²) in [4.78, 5) is 12.7. The van der Waals surface area contributed by atoms with Gasteiger partial charge < -0.3 is 9.84 Å². The topological polar surface area (TPSA) is 76.7 Å². The molecule has 1 unspecified atom stereocenters. The molecule has 0 bridgehead atoms. The van der Waals surface area contributed by atoms with Gasteiger partial charge in [-0.05, 0) is 38.4 Å². The Labute approximate surface area is 105 Å². The molecule has 2 aromatic rings. The Morgan fingerprint density at radius 3 is 3.17 bits per heavy atom. The monoisotopic (exact) mass is 245 g/mol. The third kappa shape index (κ3) is 2.38. The van der Waals surface area contributed by atoms with Crippen molar-refractivity contribution in [3.63, 3.8) is 0 Å². The van der Waals surface area contributed by atoms with Crippen LogP contribution in [0, 0.1) is 12.8 Å². The fourth-order valence-electron chi connectivity index (χ4n) is 2.16. The highest BCUT2D eigenvalue weighted by atomic mass is 16.5. The van der Waals surface area contributed by atoms with Crippen molar-refractivity contribution < 1.29 is 4.52 Å². The molecule has 0 spiro atoms. The molecule has 0 amide bonds. The highest BCUT2D eigenvalue weighted by Gasteiger charge is 2.19. The SMILES string of the molecule is Cc1nccc(-c2noc(CC3CCNC3)n2)n1. The number of aryl methyl sites for hydroxylation is 1. The molecule has 3 rings (SSSR count). The van der Waals surface area contributed by atoms with Crippen molar-refractivity contribution in [1.29, 1.82) is 0 Å². The lowest BCUT2D eigenvalue weighted by Gasteiger charge is -2.01. The van der Waals surface area contributed by atoms with Gasteiger partial charge in [0.05, 0.1) is 0 Å². The molecule has 1 N–H and O–H groups in total. The summed E-state index contributed by atoms with van der Waals surface area (Å²) in [7, 11) is 0. The predicted molar refractivity (Wildman–Crippen MR) is 64.7 cm³/mol. The van der Waals surface area contributed by atoms with Gasteiger partial charge in [0.15, 0.2) is 0 Å². The van der Waals surface area contributed by atoms with E-state index in [0.29, 0.717) is 29.2 Å². The Balaban J connectivity index is 1.76. The van der Waals surface area contributed by atoms with Gasteiger partial charge in [-0.15, -0.1) is 0 Å². The molecule has 0 aliphatic carbocycles. The van der Waals surface area contributed by atoms with Gasteiger partial charge in [-0.25, -0.2) is 9.97 Å². The predicted octanol–water partition coefficient (Wildman–Crippen LogP) is 0.987. The quantitative estimate of drug-likeness (QED) is 0.868. The molecule has 2 aromatic heterocycles. The molecular formula is C12H15N5O. The van der Waals surface area contributed by atoms with Crippen LogP contribution in [0.25, 0.3) is 11.5 Å². The number of aromatic nitrogens is 4. The zero-order valence-electron chi connectivity index (χ0n) is 10.3. The Morgan fingerprint density at radius 1 is 1.44 bits per heavy atom. The average Bonchev–Trinajstić information content (AvgIpc) is 3.01. The lowest BCUT2D eigenvalue weighted by Crippen LogP contribution is -2.10. The summed E-state index contributed by atoms with van der Waals surface area (Å²) in [5, 5.41) is 7.30. The van der Waals surface area contributed by atoms with E-state index in [1.54, 1.807) is 12.3 Å². The first kappa shape index (κ1) is 11.3. The zero-order valence-corrected chi connectivity index (χ0v) is 10.3. The van der Waals surface area contributed by atoms with E-state index in [1.807, 2.05) is 6.92 Å². The van der Waals surface area contributed by atoms with E-state index in [0.717, 1.165) is 19.5 Å². The second-order valence-electron chi connectivity index (χ2n) is 4.56. The van der Waals surface area contributed by atoms with Crippen molar-refractivity contribution in [2.24, 2.45) is 5.92 Å². The van der Waals surface area contributed by atoms with Gasteiger partial charge in [-0.3, -0.25) is 0 Å². The maximum Gasteiger partial charge on any atom is 0.227 e. The van der Waals surface area contributed by atoms with Crippen LogP contribution in [0.3, 0.4) is 0 Å². The van der Waals surface area contributed by atoms with Crippen LogP contribution in [0.15, 0.2) is 16.8 Å². The van der Waals surface area contributed by atoms with Crippen LogP contribution in [-0.4, -0.2) is 33.2 Å². The number of hydrogen-bond acceptors (Lipinski definition) is 6. The molecular weight excluding hydrogens is 230 g/mol. The molecule has 6 heteroatoms. The van der Waals surface area contributed by atoms with Crippen LogP contribution in [0.2, 0.25) is 0 Å². The molecule has 3 heterocycles. The van der Waals surface area contributed by atoms with Crippen molar-refractivity contribution in [3.8, 4) is 11.5 Å². The lowest BCUT2D eigenvalue weighted by molar-refractivity contribution is 0.358. The minimum atomic E-state index is 0.543. The fraction of sp³-hybridized carbons (Fsp3) is 0.500. The maximum atomic E-state index is 5.27. The second-order valence-corrected chi connectivity index (χ2v) is 4.56. The van der Waals surface area contributed by atoms with E-state index in [4.69, 9.17) is 4.52 Å². The summed E-state index contributed by atoms with van der Waals surface area (Å²) in [5.41, 5.74) is 0.710. The molecule has 1 fully saturated rings. The second kappa shape index (κ2) is 4.81. The highest BCUT2D eigenvalue weighted by Crippen LogP contribution is 2.17. The van der Waals surface area contributed by atoms with Crippen molar-refractivity contribution in [1.82, 2.24) is 25.4 Å². The van der Waals surface area contributed by atoms with Crippen LogP contribution in [0.5, 0.6) is 0 Å². The van der Waals surface area contributed by atoms with E-state index < -0.39 is 0 Å². The number of nitrogens with one attached hydrogen (secondary N) is 1. The summed E-state index contributed by atoms with van der Waals surface area (Å²) in [6.45, 7) is 3.95. The van der Waals surface area contributed by atoms with Crippen molar-refractivity contribution in [3.05, 3.63) is 24.0 Å². The molecule has 1 aliphatic rings. The first-order valence-electron chi connectivity index (χ1n) is 6.14. The molecule has 1 aliphatic heterocycles. The van der Waals surface area contributed by atoms with Crippen LogP contribution in [0.1, 0.15) is 18.1 Å². The Hall–Kier alpha value is -1.82. The number of hydrogen-bond donors (Lipinski definition) is 1. The minimum Gasteiger partial charge on any atom is -0.339 e.